The van der Waals surface area contributed by atoms with Crippen LogP contribution in [0.5, 0.6) is 0 Å². The van der Waals surface area contributed by atoms with Crippen molar-refractivity contribution < 1.29 is 4.79 Å². The maximum Gasteiger partial charge on any atom is 0.227 e. The highest BCUT2D eigenvalue weighted by atomic mass is 35.5. The van der Waals surface area contributed by atoms with Crippen LogP contribution in [0.4, 0.5) is 5.69 Å². The van der Waals surface area contributed by atoms with Gasteiger partial charge in [-0.3, -0.25) is 4.79 Å². The second-order valence-corrected chi connectivity index (χ2v) is 6.12. The summed E-state index contributed by atoms with van der Waals surface area (Å²) in [6.45, 7) is 4.09. The van der Waals surface area contributed by atoms with Crippen LogP contribution >= 0.6 is 23.2 Å². The zero-order valence-corrected chi connectivity index (χ0v) is 12.7. The summed E-state index contributed by atoms with van der Waals surface area (Å²) >= 11 is 11.8. The first-order valence-corrected chi connectivity index (χ1v) is 7.36. The quantitative estimate of drug-likeness (QED) is 0.819. The number of aryl methyl sites for hydroxylation is 1. The molecule has 104 valence electrons. The molecule has 0 radical (unpaired) electrons. The average molecular weight is 301 g/mol. The Hall–Kier alpha value is -0.800. The molecule has 0 spiro atoms. The van der Waals surface area contributed by atoms with E-state index in [2.05, 4.69) is 17.2 Å². The Morgan fingerprint density at radius 2 is 1.95 bits per heavy atom. The largest absolute Gasteiger partial charge is 0.323 e. The molecule has 1 fully saturated rings. The molecule has 1 aliphatic rings. The van der Waals surface area contributed by atoms with Gasteiger partial charge in [0, 0.05) is 5.92 Å². The smallest absolute Gasteiger partial charge is 0.227 e. The molecule has 0 atom stereocenters. The van der Waals surface area contributed by atoms with Crippen LogP contribution in [0.15, 0.2) is 6.07 Å². The zero-order chi connectivity index (χ0) is 14.0. The first-order valence-electron chi connectivity index (χ1n) is 6.61. The van der Waals surface area contributed by atoms with Crippen LogP contribution in [-0.4, -0.2) is 10.9 Å². The van der Waals surface area contributed by atoms with Crippen LogP contribution in [0.3, 0.4) is 0 Å². The predicted molar refractivity (Wildman–Crippen MR) is 78.7 cm³/mol. The lowest BCUT2D eigenvalue weighted by Gasteiger charge is -2.25. The van der Waals surface area contributed by atoms with E-state index in [0.29, 0.717) is 10.8 Å². The lowest BCUT2D eigenvalue weighted by molar-refractivity contribution is -0.121. The van der Waals surface area contributed by atoms with Crippen LogP contribution in [0, 0.1) is 18.8 Å². The van der Waals surface area contributed by atoms with Crippen molar-refractivity contribution in [3.05, 3.63) is 21.9 Å². The first-order chi connectivity index (χ1) is 8.97. The Kier molecular flexibility index (Phi) is 4.69. The summed E-state index contributed by atoms with van der Waals surface area (Å²) in [5, 5.41) is 3.49. The Morgan fingerprint density at radius 3 is 2.53 bits per heavy atom. The number of amides is 1. The van der Waals surface area contributed by atoms with Crippen LogP contribution < -0.4 is 5.32 Å². The fourth-order valence-corrected chi connectivity index (χ4v) is 3.07. The van der Waals surface area contributed by atoms with E-state index in [9.17, 15) is 4.79 Å². The topological polar surface area (TPSA) is 42.0 Å². The standard InChI is InChI=1S/C14H18Cl2N2O/c1-8-3-5-10(6-4-8)14(19)18-12-9(2)7-11(15)17-13(12)16/h7-8,10H,3-6H2,1-2H3,(H,18,19). The summed E-state index contributed by atoms with van der Waals surface area (Å²) in [6.07, 6.45) is 4.13. The monoisotopic (exact) mass is 300 g/mol. The van der Waals surface area contributed by atoms with Gasteiger partial charge in [-0.05, 0) is 50.2 Å². The fourth-order valence-electron chi connectivity index (χ4n) is 2.49. The number of nitrogens with one attached hydrogen (secondary N) is 1. The Labute approximate surface area is 123 Å². The summed E-state index contributed by atoms with van der Waals surface area (Å²) < 4.78 is 0. The number of pyridine rings is 1. The third-order valence-electron chi connectivity index (χ3n) is 3.78. The Bertz CT molecular complexity index is 459. The molecule has 1 aromatic rings. The normalized spacial score (nSPS) is 23.2. The lowest BCUT2D eigenvalue weighted by atomic mass is 9.82. The average Bonchev–Trinajstić information content (AvgIpc) is 2.34. The number of hydrogen-bond acceptors (Lipinski definition) is 2. The van der Waals surface area contributed by atoms with Crippen LogP contribution in [0.1, 0.15) is 38.2 Å². The number of hydrogen-bond donors (Lipinski definition) is 1. The number of carbonyl (C=O) groups is 1. The molecule has 1 aromatic heterocycles. The number of nitrogens with zero attached hydrogens (tertiary/aromatic N) is 1. The molecular formula is C14H18Cl2N2O. The maximum absolute atomic E-state index is 12.2. The SMILES string of the molecule is Cc1cc(Cl)nc(Cl)c1NC(=O)C1CCC(C)CC1. The van der Waals surface area contributed by atoms with Crippen molar-refractivity contribution in [3.8, 4) is 0 Å². The molecule has 5 heteroatoms. The molecule has 2 rings (SSSR count). The number of anilines is 1. The molecule has 1 amide bonds. The van der Waals surface area contributed by atoms with Gasteiger partial charge >= 0.3 is 0 Å². The minimum Gasteiger partial charge on any atom is -0.323 e. The molecule has 0 aromatic carbocycles. The second kappa shape index (κ2) is 6.10. The number of rotatable bonds is 2. The maximum atomic E-state index is 12.2. The molecule has 1 aliphatic carbocycles. The van der Waals surface area contributed by atoms with Gasteiger partial charge in [-0.1, -0.05) is 30.1 Å². The Morgan fingerprint density at radius 1 is 1.32 bits per heavy atom. The molecule has 3 nitrogen and oxygen atoms in total. The summed E-state index contributed by atoms with van der Waals surface area (Å²) in [5.41, 5.74) is 1.41. The molecule has 19 heavy (non-hydrogen) atoms. The minimum absolute atomic E-state index is 0.0426. The number of halogens is 2. The van der Waals surface area contributed by atoms with Gasteiger partial charge in [0.1, 0.15) is 5.15 Å². The van der Waals surface area contributed by atoms with E-state index < -0.39 is 0 Å². The van der Waals surface area contributed by atoms with Gasteiger partial charge in [-0.2, -0.15) is 0 Å². The van der Waals surface area contributed by atoms with Crippen molar-refractivity contribution >= 4 is 34.8 Å². The van der Waals surface area contributed by atoms with E-state index in [-0.39, 0.29) is 17.0 Å². The minimum atomic E-state index is 0.0426. The first kappa shape index (κ1) is 14.6. The third-order valence-corrected chi connectivity index (χ3v) is 4.24. The number of carbonyl (C=O) groups excluding carboxylic acids is 1. The Balaban J connectivity index is 2.07. The number of aromatic nitrogens is 1. The van der Waals surface area contributed by atoms with Crippen molar-refractivity contribution in [2.75, 3.05) is 5.32 Å². The van der Waals surface area contributed by atoms with Gasteiger partial charge in [0.2, 0.25) is 5.91 Å². The highest BCUT2D eigenvalue weighted by molar-refractivity contribution is 6.34. The summed E-state index contributed by atoms with van der Waals surface area (Å²) in [7, 11) is 0. The van der Waals surface area contributed by atoms with Crippen LogP contribution in [0.25, 0.3) is 0 Å². The summed E-state index contributed by atoms with van der Waals surface area (Å²) in [4.78, 5) is 16.2. The van der Waals surface area contributed by atoms with Gasteiger partial charge in [0.15, 0.2) is 5.15 Å². The molecule has 1 saturated carbocycles. The molecule has 0 saturated heterocycles. The van der Waals surface area contributed by atoms with E-state index >= 15 is 0 Å². The van der Waals surface area contributed by atoms with Crippen LogP contribution in [-0.2, 0) is 4.79 Å². The van der Waals surface area contributed by atoms with Gasteiger partial charge in [-0.15, -0.1) is 0 Å². The van der Waals surface area contributed by atoms with Crippen molar-refractivity contribution in [1.82, 2.24) is 4.98 Å². The van der Waals surface area contributed by atoms with E-state index in [1.165, 1.54) is 0 Å². The van der Waals surface area contributed by atoms with Crippen molar-refractivity contribution in [3.63, 3.8) is 0 Å². The molecule has 1 heterocycles. The van der Waals surface area contributed by atoms with Gasteiger partial charge < -0.3 is 5.32 Å². The predicted octanol–water partition coefficient (Wildman–Crippen LogP) is 4.46. The van der Waals surface area contributed by atoms with Crippen molar-refractivity contribution in [1.29, 1.82) is 0 Å². The highest BCUT2D eigenvalue weighted by Crippen LogP contribution is 2.31. The van der Waals surface area contributed by atoms with Gasteiger partial charge in [-0.25, -0.2) is 4.98 Å². The van der Waals surface area contributed by atoms with E-state index in [0.717, 1.165) is 37.2 Å². The molecule has 0 bridgehead atoms. The van der Waals surface area contributed by atoms with E-state index in [1.807, 2.05) is 6.92 Å². The molecule has 0 aliphatic heterocycles. The van der Waals surface area contributed by atoms with E-state index in [4.69, 9.17) is 23.2 Å². The molecular weight excluding hydrogens is 283 g/mol. The van der Waals surface area contributed by atoms with Gasteiger partial charge in [0.05, 0.1) is 5.69 Å². The highest BCUT2D eigenvalue weighted by Gasteiger charge is 2.25. The summed E-state index contributed by atoms with van der Waals surface area (Å²) in [6, 6.07) is 1.70. The van der Waals surface area contributed by atoms with Crippen LogP contribution in [0.2, 0.25) is 10.3 Å². The van der Waals surface area contributed by atoms with Crippen molar-refractivity contribution in [2.24, 2.45) is 11.8 Å². The second-order valence-electron chi connectivity index (χ2n) is 5.37. The van der Waals surface area contributed by atoms with E-state index in [1.54, 1.807) is 6.07 Å². The lowest BCUT2D eigenvalue weighted by Crippen LogP contribution is -2.27. The van der Waals surface area contributed by atoms with Gasteiger partial charge in [0.25, 0.3) is 0 Å². The molecule has 1 N–H and O–H groups in total. The third kappa shape index (κ3) is 3.61. The summed E-state index contributed by atoms with van der Waals surface area (Å²) in [5.74, 6) is 0.856. The molecule has 0 unspecified atom stereocenters. The zero-order valence-electron chi connectivity index (χ0n) is 11.2. The van der Waals surface area contributed by atoms with Crippen molar-refractivity contribution in [2.45, 2.75) is 39.5 Å². The fraction of sp³-hybridized carbons (Fsp3) is 0.571.